The number of anilines is 3. The third-order valence-corrected chi connectivity index (χ3v) is 4.57. The molecule has 0 radical (unpaired) electrons. The molecule has 0 spiro atoms. The highest BCUT2D eigenvalue weighted by Gasteiger charge is 2.12. The summed E-state index contributed by atoms with van der Waals surface area (Å²) in [5.41, 5.74) is 3.91. The Hall–Kier alpha value is -3.80. The van der Waals surface area contributed by atoms with Gasteiger partial charge in [-0.3, -0.25) is 9.59 Å². The average molecular weight is 402 g/mol. The van der Waals surface area contributed by atoms with Gasteiger partial charge in [-0.1, -0.05) is 42.5 Å². The van der Waals surface area contributed by atoms with Gasteiger partial charge in [0.15, 0.2) is 0 Å². The summed E-state index contributed by atoms with van der Waals surface area (Å²) >= 11 is 0. The number of amides is 2. The third kappa shape index (κ3) is 5.85. The van der Waals surface area contributed by atoms with E-state index < -0.39 is 0 Å². The Bertz CT molecular complexity index is 986. The standard InChI is InChI=1S/C24H26N4O2/c1-28(2)20-14-12-19(13-15-20)27-23(29)17-25-22-11-7-6-10-21(22)24(30)26-16-18-8-4-3-5-9-18/h3-15,25H,16-17H2,1-2H3,(H,26,30)(H,27,29). The fourth-order valence-corrected chi connectivity index (χ4v) is 2.93. The highest BCUT2D eigenvalue weighted by molar-refractivity contribution is 6.00. The summed E-state index contributed by atoms with van der Waals surface area (Å²) in [5.74, 6) is -0.381. The molecule has 3 aromatic rings. The van der Waals surface area contributed by atoms with Crippen LogP contribution in [0.2, 0.25) is 0 Å². The molecule has 3 N–H and O–H groups in total. The maximum Gasteiger partial charge on any atom is 0.253 e. The maximum atomic E-state index is 12.6. The first kappa shape index (κ1) is 20.9. The molecule has 3 aromatic carbocycles. The van der Waals surface area contributed by atoms with Gasteiger partial charge in [-0.2, -0.15) is 0 Å². The molecule has 0 fully saturated rings. The monoisotopic (exact) mass is 402 g/mol. The average Bonchev–Trinajstić information content (AvgIpc) is 2.77. The zero-order chi connectivity index (χ0) is 21.3. The van der Waals surface area contributed by atoms with E-state index in [9.17, 15) is 9.59 Å². The molecule has 0 unspecified atom stereocenters. The van der Waals surface area contributed by atoms with Crippen molar-refractivity contribution >= 4 is 28.9 Å². The molecule has 3 rings (SSSR count). The number of nitrogens with one attached hydrogen (secondary N) is 3. The van der Waals surface area contributed by atoms with Crippen LogP contribution in [0, 0.1) is 0 Å². The Morgan fingerprint density at radius 3 is 2.20 bits per heavy atom. The molecule has 0 saturated carbocycles. The number of carbonyl (C=O) groups excluding carboxylic acids is 2. The number of rotatable bonds is 8. The van der Waals surface area contributed by atoms with Gasteiger partial charge < -0.3 is 20.9 Å². The van der Waals surface area contributed by atoms with Crippen LogP contribution in [-0.2, 0) is 11.3 Å². The summed E-state index contributed by atoms with van der Waals surface area (Å²) in [6.45, 7) is 0.496. The summed E-state index contributed by atoms with van der Waals surface area (Å²) in [6.07, 6.45) is 0. The summed E-state index contributed by atoms with van der Waals surface area (Å²) in [7, 11) is 3.93. The van der Waals surface area contributed by atoms with Gasteiger partial charge in [0.2, 0.25) is 5.91 Å². The van der Waals surface area contributed by atoms with E-state index in [2.05, 4.69) is 16.0 Å². The zero-order valence-corrected chi connectivity index (χ0v) is 17.2. The second kappa shape index (κ2) is 10.1. The fraction of sp³-hybridized carbons (Fsp3) is 0.167. The molecule has 0 aliphatic carbocycles. The Morgan fingerprint density at radius 2 is 1.50 bits per heavy atom. The van der Waals surface area contributed by atoms with E-state index in [1.165, 1.54) is 0 Å². The fourth-order valence-electron chi connectivity index (χ4n) is 2.93. The van der Waals surface area contributed by atoms with E-state index in [1.807, 2.05) is 79.7 Å². The number of hydrogen-bond donors (Lipinski definition) is 3. The first-order valence-corrected chi connectivity index (χ1v) is 9.75. The number of para-hydroxylation sites is 1. The molecule has 0 aromatic heterocycles. The van der Waals surface area contributed by atoms with Gasteiger partial charge in [-0.25, -0.2) is 0 Å². The highest BCUT2D eigenvalue weighted by Crippen LogP contribution is 2.17. The number of benzene rings is 3. The van der Waals surface area contributed by atoms with Crippen molar-refractivity contribution < 1.29 is 9.59 Å². The summed E-state index contributed by atoms with van der Waals surface area (Å²) in [4.78, 5) is 26.9. The molecule has 0 aliphatic heterocycles. The predicted molar refractivity (Wildman–Crippen MR) is 122 cm³/mol. The van der Waals surface area contributed by atoms with Crippen LogP contribution in [0.5, 0.6) is 0 Å². The zero-order valence-electron chi connectivity index (χ0n) is 17.2. The van der Waals surface area contributed by atoms with Crippen molar-refractivity contribution in [3.8, 4) is 0 Å². The molecular formula is C24H26N4O2. The second-order valence-electron chi connectivity index (χ2n) is 7.06. The van der Waals surface area contributed by atoms with Crippen molar-refractivity contribution in [2.45, 2.75) is 6.54 Å². The second-order valence-corrected chi connectivity index (χ2v) is 7.06. The summed E-state index contributed by atoms with van der Waals surface area (Å²) in [6, 6.07) is 24.5. The summed E-state index contributed by atoms with van der Waals surface area (Å²) < 4.78 is 0. The Kier molecular flexibility index (Phi) is 7.05. The Balaban J connectivity index is 1.56. The van der Waals surface area contributed by atoms with Crippen molar-refractivity contribution in [1.82, 2.24) is 5.32 Å². The normalized spacial score (nSPS) is 10.2. The molecule has 0 saturated heterocycles. The highest BCUT2D eigenvalue weighted by atomic mass is 16.2. The van der Waals surface area contributed by atoms with E-state index in [0.29, 0.717) is 17.8 Å². The minimum Gasteiger partial charge on any atom is -0.378 e. The molecule has 0 aliphatic rings. The molecule has 6 nitrogen and oxygen atoms in total. The van der Waals surface area contributed by atoms with E-state index in [0.717, 1.165) is 16.9 Å². The Morgan fingerprint density at radius 1 is 0.833 bits per heavy atom. The molecule has 154 valence electrons. The maximum absolute atomic E-state index is 12.6. The van der Waals surface area contributed by atoms with Crippen LogP contribution in [0.1, 0.15) is 15.9 Å². The van der Waals surface area contributed by atoms with Crippen molar-refractivity contribution in [3.63, 3.8) is 0 Å². The van der Waals surface area contributed by atoms with Crippen molar-refractivity contribution in [1.29, 1.82) is 0 Å². The first-order valence-electron chi connectivity index (χ1n) is 9.75. The van der Waals surface area contributed by atoms with Gasteiger partial charge in [0, 0.05) is 37.7 Å². The largest absolute Gasteiger partial charge is 0.378 e. The molecule has 30 heavy (non-hydrogen) atoms. The Labute approximate surface area is 176 Å². The van der Waals surface area contributed by atoms with E-state index in [-0.39, 0.29) is 18.4 Å². The molecule has 0 bridgehead atoms. The molecule has 0 heterocycles. The van der Waals surface area contributed by atoms with Crippen LogP contribution in [0.15, 0.2) is 78.9 Å². The molecule has 2 amide bonds. The lowest BCUT2D eigenvalue weighted by molar-refractivity contribution is -0.114. The van der Waals surface area contributed by atoms with Gasteiger partial charge in [0.05, 0.1) is 12.1 Å². The van der Waals surface area contributed by atoms with Crippen LogP contribution < -0.4 is 20.9 Å². The van der Waals surface area contributed by atoms with Crippen molar-refractivity contribution in [2.75, 3.05) is 36.2 Å². The van der Waals surface area contributed by atoms with Crippen molar-refractivity contribution in [3.05, 3.63) is 90.0 Å². The number of hydrogen-bond acceptors (Lipinski definition) is 4. The predicted octanol–water partition coefficient (Wildman–Crippen LogP) is 3.73. The molecule has 6 heteroatoms. The van der Waals surface area contributed by atoms with Gasteiger partial charge >= 0.3 is 0 Å². The van der Waals surface area contributed by atoms with Crippen LogP contribution in [-0.4, -0.2) is 32.5 Å². The molecular weight excluding hydrogens is 376 g/mol. The summed E-state index contributed by atoms with van der Waals surface area (Å²) in [5, 5.41) is 8.83. The lowest BCUT2D eigenvalue weighted by atomic mass is 10.1. The first-order chi connectivity index (χ1) is 14.5. The lowest BCUT2D eigenvalue weighted by Crippen LogP contribution is -2.26. The lowest BCUT2D eigenvalue weighted by Gasteiger charge is -2.14. The van der Waals surface area contributed by atoms with Crippen LogP contribution >= 0.6 is 0 Å². The van der Waals surface area contributed by atoms with Crippen molar-refractivity contribution in [2.24, 2.45) is 0 Å². The van der Waals surface area contributed by atoms with Gasteiger partial charge in [0.25, 0.3) is 5.91 Å². The number of nitrogens with zero attached hydrogens (tertiary/aromatic N) is 1. The quantitative estimate of drug-likeness (QED) is 0.537. The van der Waals surface area contributed by atoms with E-state index >= 15 is 0 Å². The topological polar surface area (TPSA) is 73.5 Å². The van der Waals surface area contributed by atoms with E-state index in [1.54, 1.807) is 18.2 Å². The van der Waals surface area contributed by atoms with Gasteiger partial charge in [-0.15, -0.1) is 0 Å². The van der Waals surface area contributed by atoms with E-state index in [4.69, 9.17) is 0 Å². The van der Waals surface area contributed by atoms with Crippen LogP contribution in [0.25, 0.3) is 0 Å². The van der Waals surface area contributed by atoms with Gasteiger partial charge in [0.1, 0.15) is 0 Å². The minimum atomic E-state index is -0.193. The van der Waals surface area contributed by atoms with Crippen LogP contribution in [0.4, 0.5) is 17.1 Å². The molecule has 0 atom stereocenters. The smallest absolute Gasteiger partial charge is 0.253 e. The number of carbonyl (C=O) groups is 2. The minimum absolute atomic E-state index is 0.0540. The third-order valence-electron chi connectivity index (χ3n) is 4.57. The SMILES string of the molecule is CN(C)c1ccc(NC(=O)CNc2ccccc2C(=O)NCc2ccccc2)cc1. The van der Waals surface area contributed by atoms with Gasteiger partial charge in [-0.05, 0) is 42.0 Å². The van der Waals surface area contributed by atoms with Crippen LogP contribution in [0.3, 0.4) is 0 Å².